The van der Waals surface area contributed by atoms with E-state index in [1.807, 2.05) is 47.1 Å². The molecule has 0 aromatic carbocycles. The van der Waals surface area contributed by atoms with Crippen molar-refractivity contribution in [3.8, 4) is 0 Å². The summed E-state index contributed by atoms with van der Waals surface area (Å²) in [5, 5.41) is 4.27. The average Bonchev–Trinajstić information content (AvgIpc) is 3.11. The molecule has 1 fully saturated rings. The second-order valence-electron chi connectivity index (χ2n) is 6.81. The van der Waals surface area contributed by atoms with E-state index in [4.69, 9.17) is 0 Å². The molecule has 1 aliphatic rings. The highest BCUT2D eigenvalue weighted by atomic mass is 16.2. The minimum atomic E-state index is -0.0198. The van der Waals surface area contributed by atoms with Crippen LogP contribution in [0.2, 0.25) is 0 Å². The molecule has 4 rings (SSSR count). The summed E-state index contributed by atoms with van der Waals surface area (Å²) in [4.78, 5) is 19.4. The zero-order chi connectivity index (χ0) is 16.2. The summed E-state index contributed by atoms with van der Waals surface area (Å²) in [6.45, 7) is 5.06. The van der Waals surface area contributed by atoms with Crippen LogP contribution in [0.4, 0.5) is 0 Å². The molecule has 1 aliphatic heterocycles. The van der Waals surface area contributed by atoms with Crippen molar-refractivity contribution < 1.29 is 4.79 Å². The van der Waals surface area contributed by atoms with Crippen LogP contribution in [0.15, 0.2) is 43.0 Å². The van der Waals surface area contributed by atoms with Crippen LogP contribution in [0.5, 0.6) is 0 Å². The van der Waals surface area contributed by atoms with E-state index in [9.17, 15) is 4.79 Å². The lowest BCUT2D eigenvalue weighted by molar-refractivity contribution is -0.0374. The van der Waals surface area contributed by atoms with Gasteiger partial charge in [-0.05, 0) is 12.1 Å². The SMILES string of the molecule is Cn1ccnc1C1N(C(=O)c2cnn3ccccc23)CC1(C)C. The number of imidazole rings is 1. The first-order valence-electron chi connectivity index (χ1n) is 7.69. The fourth-order valence-electron chi connectivity index (χ4n) is 3.50. The van der Waals surface area contributed by atoms with Crippen molar-refractivity contribution in [2.75, 3.05) is 6.54 Å². The first-order valence-corrected chi connectivity index (χ1v) is 7.69. The molecule has 6 nitrogen and oxygen atoms in total. The Morgan fingerprint density at radius 3 is 2.83 bits per heavy atom. The molecular weight excluding hydrogens is 290 g/mol. The van der Waals surface area contributed by atoms with Gasteiger partial charge < -0.3 is 9.47 Å². The van der Waals surface area contributed by atoms with Crippen molar-refractivity contribution in [3.05, 3.63) is 54.4 Å². The summed E-state index contributed by atoms with van der Waals surface area (Å²) in [6.07, 6.45) is 7.20. The fourth-order valence-corrected chi connectivity index (χ4v) is 3.50. The van der Waals surface area contributed by atoms with Gasteiger partial charge in [0.1, 0.15) is 5.82 Å². The molecule has 0 bridgehead atoms. The van der Waals surface area contributed by atoms with Gasteiger partial charge in [-0.25, -0.2) is 9.50 Å². The molecule has 3 aromatic heterocycles. The van der Waals surface area contributed by atoms with Crippen LogP contribution in [0.1, 0.15) is 36.1 Å². The third kappa shape index (κ3) is 1.98. The molecule has 23 heavy (non-hydrogen) atoms. The minimum Gasteiger partial charge on any atom is -0.336 e. The lowest BCUT2D eigenvalue weighted by atomic mass is 9.74. The summed E-state index contributed by atoms with van der Waals surface area (Å²) in [5.74, 6) is 0.935. The van der Waals surface area contributed by atoms with Crippen LogP contribution in [0.25, 0.3) is 5.52 Å². The number of hydrogen-bond acceptors (Lipinski definition) is 3. The summed E-state index contributed by atoms with van der Waals surface area (Å²) in [7, 11) is 1.97. The fraction of sp³-hybridized carbons (Fsp3) is 0.353. The van der Waals surface area contributed by atoms with Gasteiger partial charge in [0.05, 0.1) is 23.3 Å². The van der Waals surface area contributed by atoms with Gasteiger partial charge in [-0.15, -0.1) is 0 Å². The van der Waals surface area contributed by atoms with Crippen LogP contribution >= 0.6 is 0 Å². The Hall–Kier alpha value is -2.63. The van der Waals surface area contributed by atoms with Gasteiger partial charge in [0, 0.05) is 37.6 Å². The summed E-state index contributed by atoms with van der Waals surface area (Å²) >= 11 is 0. The highest BCUT2D eigenvalue weighted by Crippen LogP contribution is 2.48. The van der Waals surface area contributed by atoms with Crippen molar-refractivity contribution >= 4 is 11.4 Å². The summed E-state index contributed by atoms with van der Waals surface area (Å²) < 4.78 is 3.72. The normalized spacial score (nSPS) is 19.8. The number of likely N-dealkylation sites (tertiary alicyclic amines) is 1. The number of nitrogens with zero attached hydrogens (tertiary/aromatic N) is 5. The molecule has 3 aromatic rings. The molecule has 0 spiro atoms. The smallest absolute Gasteiger partial charge is 0.258 e. The predicted octanol–water partition coefficient (Wildman–Crippen LogP) is 2.29. The molecule has 4 heterocycles. The van der Waals surface area contributed by atoms with E-state index in [0.29, 0.717) is 12.1 Å². The van der Waals surface area contributed by atoms with Gasteiger partial charge in [0.15, 0.2) is 0 Å². The Kier molecular flexibility index (Phi) is 2.85. The van der Waals surface area contributed by atoms with Crippen molar-refractivity contribution in [1.82, 2.24) is 24.1 Å². The maximum absolute atomic E-state index is 13.0. The molecule has 1 saturated heterocycles. The highest BCUT2D eigenvalue weighted by Gasteiger charge is 2.51. The molecule has 1 unspecified atom stereocenters. The van der Waals surface area contributed by atoms with Crippen LogP contribution in [0, 0.1) is 5.41 Å². The highest BCUT2D eigenvalue weighted by molar-refractivity contribution is 6.01. The Morgan fingerprint density at radius 1 is 1.30 bits per heavy atom. The molecular formula is C17H19N5O. The van der Waals surface area contributed by atoms with Gasteiger partial charge in [-0.3, -0.25) is 4.79 Å². The van der Waals surface area contributed by atoms with Crippen molar-refractivity contribution in [1.29, 1.82) is 0 Å². The van der Waals surface area contributed by atoms with Gasteiger partial charge in [-0.1, -0.05) is 19.9 Å². The van der Waals surface area contributed by atoms with Crippen LogP contribution in [0.3, 0.4) is 0 Å². The average molecular weight is 309 g/mol. The second-order valence-corrected chi connectivity index (χ2v) is 6.81. The molecule has 0 radical (unpaired) electrons. The van der Waals surface area contributed by atoms with Crippen LogP contribution < -0.4 is 0 Å². The number of rotatable bonds is 2. The van der Waals surface area contributed by atoms with Gasteiger partial charge in [-0.2, -0.15) is 5.10 Å². The first kappa shape index (κ1) is 14.0. The van der Waals surface area contributed by atoms with E-state index >= 15 is 0 Å². The number of carbonyl (C=O) groups excluding carboxylic acids is 1. The second kappa shape index (κ2) is 4.68. The Labute approximate surface area is 134 Å². The third-order valence-electron chi connectivity index (χ3n) is 4.65. The topological polar surface area (TPSA) is 55.4 Å². The lowest BCUT2D eigenvalue weighted by Crippen LogP contribution is -2.58. The van der Waals surface area contributed by atoms with Gasteiger partial charge >= 0.3 is 0 Å². The van der Waals surface area contributed by atoms with E-state index < -0.39 is 0 Å². The van der Waals surface area contributed by atoms with E-state index in [1.54, 1.807) is 16.9 Å². The first-order chi connectivity index (χ1) is 11.0. The largest absolute Gasteiger partial charge is 0.336 e. The van der Waals surface area contributed by atoms with Gasteiger partial charge in [0.25, 0.3) is 5.91 Å². The minimum absolute atomic E-state index is 0.0116. The van der Waals surface area contributed by atoms with Crippen molar-refractivity contribution in [2.45, 2.75) is 19.9 Å². The molecule has 1 atom stereocenters. The van der Waals surface area contributed by atoms with Gasteiger partial charge in [0.2, 0.25) is 0 Å². The Balaban J connectivity index is 1.73. The third-order valence-corrected chi connectivity index (χ3v) is 4.65. The molecule has 118 valence electrons. The maximum Gasteiger partial charge on any atom is 0.258 e. The van der Waals surface area contributed by atoms with Crippen molar-refractivity contribution in [2.24, 2.45) is 12.5 Å². The number of amides is 1. The maximum atomic E-state index is 13.0. The molecule has 0 N–H and O–H groups in total. The number of fused-ring (bicyclic) bond motifs is 1. The van der Waals surface area contributed by atoms with E-state index in [1.165, 1.54) is 0 Å². The lowest BCUT2D eigenvalue weighted by Gasteiger charge is -2.53. The molecule has 0 saturated carbocycles. The monoisotopic (exact) mass is 309 g/mol. The summed E-state index contributed by atoms with van der Waals surface area (Å²) in [6, 6.07) is 5.72. The van der Waals surface area contributed by atoms with Crippen LogP contribution in [-0.2, 0) is 7.05 Å². The number of carbonyl (C=O) groups is 1. The molecule has 6 heteroatoms. The number of aromatic nitrogens is 4. The number of pyridine rings is 1. The molecule has 1 amide bonds. The predicted molar refractivity (Wildman–Crippen MR) is 86.0 cm³/mol. The number of aryl methyl sites for hydroxylation is 1. The summed E-state index contributed by atoms with van der Waals surface area (Å²) in [5.41, 5.74) is 1.48. The molecule has 0 aliphatic carbocycles. The van der Waals surface area contributed by atoms with E-state index in [-0.39, 0.29) is 17.4 Å². The number of hydrogen-bond donors (Lipinski definition) is 0. The Bertz CT molecular complexity index is 891. The van der Waals surface area contributed by atoms with E-state index in [2.05, 4.69) is 23.9 Å². The quantitative estimate of drug-likeness (QED) is 0.730. The zero-order valence-corrected chi connectivity index (χ0v) is 13.5. The zero-order valence-electron chi connectivity index (χ0n) is 13.5. The van der Waals surface area contributed by atoms with Crippen LogP contribution in [-0.4, -0.2) is 36.5 Å². The Morgan fingerprint density at radius 2 is 2.13 bits per heavy atom. The van der Waals surface area contributed by atoms with E-state index in [0.717, 1.165) is 11.3 Å². The standard InChI is InChI=1S/C17H19N5O/c1-17(2)11-21(14(17)15-18-7-9-20(15)3)16(23)12-10-19-22-8-5-4-6-13(12)22/h4-10,14H,11H2,1-3H3. The van der Waals surface area contributed by atoms with Crippen molar-refractivity contribution in [3.63, 3.8) is 0 Å².